The van der Waals surface area contributed by atoms with E-state index in [2.05, 4.69) is 20.8 Å². The number of thioether (sulfide) groups is 1. The van der Waals surface area contributed by atoms with Gasteiger partial charge in [-0.2, -0.15) is 0 Å². The summed E-state index contributed by atoms with van der Waals surface area (Å²) in [6, 6.07) is 20.6. The van der Waals surface area contributed by atoms with Crippen molar-refractivity contribution < 1.29 is 9.59 Å². The molecule has 10 heteroatoms. The van der Waals surface area contributed by atoms with Gasteiger partial charge in [-0.25, -0.2) is 4.79 Å². The Morgan fingerprint density at radius 3 is 2.55 bits per heavy atom. The summed E-state index contributed by atoms with van der Waals surface area (Å²) < 4.78 is 1.92. The third-order valence-corrected chi connectivity index (χ3v) is 6.78. The number of rotatable bonds is 8. The molecular weight excluding hydrogens is 478 g/mol. The molecule has 3 amide bonds. The van der Waals surface area contributed by atoms with Gasteiger partial charge in [-0.1, -0.05) is 71.9 Å². The molecule has 2 heterocycles. The van der Waals surface area contributed by atoms with Crippen LogP contribution in [0.4, 0.5) is 4.79 Å². The Labute approximate surface area is 204 Å². The molecule has 2 aromatic carbocycles. The van der Waals surface area contributed by atoms with Gasteiger partial charge in [0.25, 0.3) is 0 Å². The largest absolute Gasteiger partial charge is 0.333 e. The van der Waals surface area contributed by atoms with E-state index >= 15 is 0 Å². The van der Waals surface area contributed by atoms with E-state index in [-0.39, 0.29) is 5.75 Å². The lowest BCUT2D eigenvalue weighted by molar-refractivity contribution is -0.117. The van der Waals surface area contributed by atoms with Gasteiger partial charge in [0.15, 0.2) is 11.0 Å². The Bertz CT molecular complexity index is 1230. The molecule has 7 nitrogen and oxygen atoms in total. The summed E-state index contributed by atoms with van der Waals surface area (Å²) in [6.45, 7) is 0.885. The lowest BCUT2D eigenvalue weighted by atomic mass is 10.2. The van der Waals surface area contributed by atoms with Gasteiger partial charge < -0.3 is 5.32 Å². The van der Waals surface area contributed by atoms with E-state index in [1.54, 1.807) is 6.07 Å². The molecule has 0 saturated heterocycles. The number of amides is 3. The molecule has 0 bridgehead atoms. The van der Waals surface area contributed by atoms with Crippen molar-refractivity contribution in [3.63, 3.8) is 0 Å². The van der Waals surface area contributed by atoms with Crippen molar-refractivity contribution in [2.24, 2.45) is 0 Å². The molecule has 0 atom stereocenters. The Kier molecular flexibility index (Phi) is 7.77. The predicted molar refractivity (Wildman–Crippen MR) is 131 cm³/mol. The summed E-state index contributed by atoms with van der Waals surface area (Å²) in [4.78, 5) is 25.3. The van der Waals surface area contributed by atoms with Gasteiger partial charge in [0.05, 0.1) is 23.9 Å². The number of carbonyl (C=O) groups excluding carboxylic acids is 2. The molecule has 0 radical (unpaired) electrons. The Morgan fingerprint density at radius 2 is 1.79 bits per heavy atom. The molecule has 4 rings (SSSR count). The minimum Gasteiger partial charge on any atom is -0.333 e. The Hall–Kier alpha value is -3.14. The summed E-state index contributed by atoms with van der Waals surface area (Å²) in [5.74, 6) is 0.209. The highest BCUT2D eigenvalue weighted by Gasteiger charge is 2.18. The average molecular weight is 498 g/mol. The van der Waals surface area contributed by atoms with Crippen molar-refractivity contribution in [2.45, 2.75) is 18.2 Å². The van der Waals surface area contributed by atoms with Crippen LogP contribution in [0.3, 0.4) is 0 Å². The highest BCUT2D eigenvalue weighted by Crippen LogP contribution is 2.30. The molecule has 2 N–H and O–H groups in total. The van der Waals surface area contributed by atoms with E-state index in [1.807, 2.05) is 70.6 Å². The number of thiophene rings is 1. The second kappa shape index (κ2) is 11.1. The number of nitrogens with zero attached hydrogens (tertiary/aromatic N) is 3. The smallest absolute Gasteiger partial charge is 0.321 e. The molecule has 0 saturated carbocycles. The first-order valence-electron chi connectivity index (χ1n) is 10.0. The van der Waals surface area contributed by atoms with Gasteiger partial charge >= 0.3 is 6.03 Å². The van der Waals surface area contributed by atoms with E-state index in [0.29, 0.717) is 29.1 Å². The highest BCUT2D eigenvalue weighted by atomic mass is 35.5. The third-order valence-electron chi connectivity index (χ3n) is 4.60. The number of benzene rings is 2. The summed E-state index contributed by atoms with van der Waals surface area (Å²) in [5, 5.41) is 16.7. The van der Waals surface area contributed by atoms with Crippen molar-refractivity contribution in [1.82, 2.24) is 25.4 Å². The highest BCUT2D eigenvalue weighted by molar-refractivity contribution is 7.99. The number of imide groups is 1. The quantitative estimate of drug-likeness (QED) is 0.340. The lowest BCUT2D eigenvalue weighted by Crippen LogP contribution is -2.39. The van der Waals surface area contributed by atoms with Crippen LogP contribution in [0.1, 0.15) is 10.4 Å². The molecular formula is C23H20ClN5O2S2. The summed E-state index contributed by atoms with van der Waals surface area (Å²) in [5.41, 5.74) is 1.82. The van der Waals surface area contributed by atoms with Gasteiger partial charge in [-0.15, -0.1) is 21.5 Å². The number of nitrogens with one attached hydrogen (secondary N) is 2. The summed E-state index contributed by atoms with van der Waals surface area (Å²) in [6.07, 6.45) is 0. The maximum absolute atomic E-state index is 12.3. The average Bonchev–Trinajstić information content (AvgIpc) is 3.48. The fraction of sp³-hybridized carbons (Fsp3) is 0.130. The molecule has 0 unspecified atom stereocenters. The lowest BCUT2D eigenvalue weighted by Gasteiger charge is -2.11. The van der Waals surface area contributed by atoms with Gasteiger partial charge in [0, 0.05) is 10.4 Å². The van der Waals surface area contributed by atoms with Crippen LogP contribution in [0.25, 0.3) is 11.4 Å². The molecule has 168 valence electrons. The van der Waals surface area contributed by atoms with Crippen molar-refractivity contribution in [3.05, 3.63) is 87.6 Å². The van der Waals surface area contributed by atoms with E-state index < -0.39 is 11.9 Å². The molecule has 4 aromatic rings. The number of hydrogen-bond acceptors (Lipinski definition) is 6. The fourth-order valence-electron chi connectivity index (χ4n) is 3.06. The minimum atomic E-state index is -0.531. The van der Waals surface area contributed by atoms with Crippen molar-refractivity contribution >= 4 is 46.6 Å². The van der Waals surface area contributed by atoms with Crippen molar-refractivity contribution in [1.29, 1.82) is 0 Å². The van der Waals surface area contributed by atoms with Gasteiger partial charge in [-0.05, 0) is 29.1 Å². The standard InChI is InChI=1S/C23H20ClN5O2S2/c24-19-11-5-4-10-18(19)21-27-28-23(29(21)14-16-7-2-1-3-8-16)33-15-20(30)26-22(31)25-13-17-9-6-12-32-17/h1-12H,13-15H2,(H2,25,26,30,31). The first kappa shape index (κ1) is 23.0. The zero-order valence-electron chi connectivity index (χ0n) is 17.4. The topological polar surface area (TPSA) is 88.9 Å². The first-order valence-corrected chi connectivity index (χ1v) is 12.3. The summed E-state index contributed by atoms with van der Waals surface area (Å²) >= 11 is 9.14. The van der Waals surface area contributed by atoms with E-state index in [0.717, 1.165) is 16.0 Å². The zero-order chi connectivity index (χ0) is 23.0. The molecule has 0 aliphatic heterocycles. The van der Waals surface area contributed by atoms with Crippen LogP contribution < -0.4 is 10.6 Å². The molecule has 33 heavy (non-hydrogen) atoms. The molecule has 0 aliphatic carbocycles. The minimum absolute atomic E-state index is 0.0157. The summed E-state index contributed by atoms with van der Waals surface area (Å²) in [7, 11) is 0. The fourth-order valence-corrected chi connectivity index (χ4v) is 4.67. The van der Waals surface area contributed by atoms with Crippen LogP contribution in [-0.2, 0) is 17.9 Å². The SMILES string of the molecule is O=C(CSc1nnc(-c2ccccc2Cl)n1Cc1ccccc1)NC(=O)NCc1cccs1. The Morgan fingerprint density at radius 1 is 1.00 bits per heavy atom. The number of carbonyl (C=O) groups is 2. The van der Waals surface area contributed by atoms with Crippen molar-refractivity contribution in [3.8, 4) is 11.4 Å². The maximum Gasteiger partial charge on any atom is 0.321 e. The van der Waals surface area contributed by atoms with E-state index in [1.165, 1.54) is 23.1 Å². The maximum atomic E-state index is 12.3. The number of hydrogen-bond donors (Lipinski definition) is 2. The number of urea groups is 1. The Balaban J connectivity index is 1.45. The van der Waals surface area contributed by atoms with Crippen LogP contribution in [0, 0.1) is 0 Å². The van der Waals surface area contributed by atoms with Crippen LogP contribution in [0.15, 0.2) is 77.3 Å². The second-order valence-electron chi connectivity index (χ2n) is 6.96. The first-order chi connectivity index (χ1) is 16.1. The molecule has 0 aliphatic rings. The van der Waals surface area contributed by atoms with Gasteiger partial charge in [0.1, 0.15) is 0 Å². The van der Waals surface area contributed by atoms with E-state index in [9.17, 15) is 9.59 Å². The van der Waals surface area contributed by atoms with Crippen LogP contribution >= 0.6 is 34.7 Å². The number of halogens is 1. The van der Waals surface area contributed by atoms with Crippen molar-refractivity contribution in [2.75, 3.05) is 5.75 Å². The predicted octanol–water partition coefficient (Wildman–Crippen LogP) is 4.83. The number of aromatic nitrogens is 3. The van der Waals surface area contributed by atoms with Crippen LogP contribution in [-0.4, -0.2) is 32.5 Å². The molecule has 0 fully saturated rings. The molecule has 0 spiro atoms. The van der Waals surface area contributed by atoms with Crippen LogP contribution in [0.2, 0.25) is 5.02 Å². The zero-order valence-corrected chi connectivity index (χ0v) is 19.8. The van der Waals surface area contributed by atoms with E-state index in [4.69, 9.17) is 11.6 Å². The van der Waals surface area contributed by atoms with Crippen LogP contribution in [0.5, 0.6) is 0 Å². The van der Waals surface area contributed by atoms with Gasteiger partial charge in [-0.3, -0.25) is 14.7 Å². The van der Waals surface area contributed by atoms with Gasteiger partial charge in [0.2, 0.25) is 5.91 Å². The second-order valence-corrected chi connectivity index (χ2v) is 9.34. The third kappa shape index (κ3) is 6.22. The molecule has 2 aromatic heterocycles. The normalized spacial score (nSPS) is 10.7. The monoisotopic (exact) mass is 497 g/mol.